The fourth-order valence-electron chi connectivity index (χ4n) is 1.45. The summed E-state index contributed by atoms with van der Waals surface area (Å²) < 4.78 is 1.04. The van der Waals surface area contributed by atoms with Gasteiger partial charge in [0, 0.05) is 16.2 Å². The van der Waals surface area contributed by atoms with Crippen molar-refractivity contribution in [2.24, 2.45) is 0 Å². The van der Waals surface area contributed by atoms with Gasteiger partial charge >= 0.3 is 0 Å². The summed E-state index contributed by atoms with van der Waals surface area (Å²) in [4.78, 5) is 4.27. The molecule has 2 rings (SSSR count). The van der Waals surface area contributed by atoms with E-state index in [1.54, 1.807) is 6.20 Å². The van der Waals surface area contributed by atoms with Gasteiger partial charge in [0.1, 0.15) is 6.07 Å². The van der Waals surface area contributed by atoms with Gasteiger partial charge < -0.3 is 0 Å². The Kier molecular flexibility index (Phi) is 3.02. The van der Waals surface area contributed by atoms with Crippen LogP contribution in [-0.2, 0) is 0 Å². The minimum atomic E-state index is 0.626. The molecule has 2 nitrogen and oxygen atoms in total. The molecule has 0 saturated carbocycles. The molecule has 0 spiro atoms. The highest BCUT2D eigenvalue weighted by Crippen LogP contribution is 2.21. The average Bonchev–Trinajstić information content (AvgIpc) is 2.30. The number of rotatable bonds is 1. The van der Waals surface area contributed by atoms with Crippen LogP contribution < -0.4 is 0 Å². The molecule has 0 radical (unpaired) electrons. The molecule has 1 heterocycles. The molecule has 0 amide bonds. The molecule has 0 saturated heterocycles. The highest BCUT2D eigenvalue weighted by molar-refractivity contribution is 9.10. The maximum absolute atomic E-state index is 8.82. The highest BCUT2D eigenvalue weighted by atomic mass is 79.9. The topological polar surface area (TPSA) is 36.7 Å². The van der Waals surface area contributed by atoms with Crippen LogP contribution in [0.3, 0.4) is 0 Å². The Balaban J connectivity index is 2.46. The zero-order valence-corrected chi connectivity index (χ0v) is 10.3. The Bertz CT molecular complexity index is 553. The molecule has 0 fully saturated rings. The Morgan fingerprint density at radius 3 is 2.50 bits per heavy atom. The SMILES string of the molecule is Cc1cc(-c2ccc(Br)cc2)ncc1C#N. The van der Waals surface area contributed by atoms with Crippen molar-refractivity contribution in [1.82, 2.24) is 4.98 Å². The summed E-state index contributed by atoms with van der Waals surface area (Å²) in [5, 5.41) is 8.82. The summed E-state index contributed by atoms with van der Waals surface area (Å²) in [5.74, 6) is 0. The molecule has 0 aliphatic carbocycles. The van der Waals surface area contributed by atoms with Crippen LogP contribution in [0.1, 0.15) is 11.1 Å². The first-order valence-corrected chi connectivity index (χ1v) is 5.62. The van der Waals surface area contributed by atoms with E-state index in [4.69, 9.17) is 5.26 Å². The molecule has 1 aromatic carbocycles. The van der Waals surface area contributed by atoms with E-state index in [2.05, 4.69) is 27.0 Å². The van der Waals surface area contributed by atoms with Crippen LogP contribution in [-0.4, -0.2) is 4.98 Å². The number of pyridine rings is 1. The minimum Gasteiger partial charge on any atom is -0.255 e. The summed E-state index contributed by atoms with van der Waals surface area (Å²) in [7, 11) is 0. The lowest BCUT2D eigenvalue weighted by Gasteiger charge is -2.03. The number of halogens is 1. The highest BCUT2D eigenvalue weighted by Gasteiger charge is 2.02. The van der Waals surface area contributed by atoms with Gasteiger partial charge in [0.25, 0.3) is 0 Å². The van der Waals surface area contributed by atoms with E-state index in [1.807, 2.05) is 37.3 Å². The number of hydrogen-bond donors (Lipinski definition) is 0. The van der Waals surface area contributed by atoms with Gasteiger partial charge in [0.15, 0.2) is 0 Å². The quantitative estimate of drug-likeness (QED) is 0.794. The monoisotopic (exact) mass is 272 g/mol. The van der Waals surface area contributed by atoms with Crippen molar-refractivity contribution in [3.05, 3.63) is 52.1 Å². The van der Waals surface area contributed by atoms with Crippen LogP contribution in [0.25, 0.3) is 11.3 Å². The molecule has 0 N–H and O–H groups in total. The van der Waals surface area contributed by atoms with Crippen LogP contribution in [0.5, 0.6) is 0 Å². The number of nitriles is 1. The Morgan fingerprint density at radius 2 is 1.94 bits per heavy atom. The van der Waals surface area contributed by atoms with E-state index in [-0.39, 0.29) is 0 Å². The Labute approximate surface area is 103 Å². The van der Waals surface area contributed by atoms with Crippen LogP contribution in [0, 0.1) is 18.3 Å². The number of aromatic nitrogens is 1. The number of aryl methyl sites for hydroxylation is 1. The molecule has 16 heavy (non-hydrogen) atoms. The molecular formula is C13H9BrN2. The second kappa shape index (κ2) is 4.46. The van der Waals surface area contributed by atoms with Crippen molar-refractivity contribution >= 4 is 15.9 Å². The van der Waals surface area contributed by atoms with Gasteiger partial charge in [0.05, 0.1) is 11.3 Å². The molecular weight excluding hydrogens is 264 g/mol. The van der Waals surface area contributed by atoms with Crippen molar-refractivity contribution in [2.75, 3.05) is 0 Å². The van der Waals surface area contributed by atoms with Crippen LogP contribution >= 0.6 is 15.9 Å². The number of benzene rings is 1. The van der Waals surface area contributed by atoms with Crippen molar-refractivity contribution in [3.63, 3.8) is 0 Å². The molecule has 1 aromatic heterocycles. The molecule has 78 valence electrons. The lowest BCUT2D eigenvalue weighted by Crippen LogP contribution is -1.88. The first-order valence-electron chi connectivity index (χ1n) is 4.83. The molecule has 3 heteroatoms. The van der Waals surface area contributed by atoms with Crippen LogP contribution in [0.2, 0.25) is 0 Å². The van der Waals surface area contributed by atoms with Gasteiger partial charge in [-0.2, -0.15) is 5.26 Å². The van der Waals surface area contributed by atoms with E-state index in [0.29, 0.717) is 5.56 Å². The van der Waals surface area contributed by atoms with E-state index >= 15 is 0 Å². The van der Waals surface area contributed by atoms with E-state index in [1.165, 1.54) is 0 Å². The summed E-state index contributed by atoms with van der Waals surface area (Å²) in [6.45, 7) is 1.92. The second-order valence-electron chi connectivity index (χ2n) is 3.50. The lowest BCUT2D eigenvalue weighted by atomic mass is 10.1. The van der Waals surface area contributed by atoms with Crippen molar-refractivity contribution in [1.29, 1.82) is 5.26 Å². The van der Waals surface area contributed by atoms with Crippen LogP contribution in [0.4, 0.5) is 0 Å². The van der Waals surface area contributed by atoms with Crippen molar-refractivity contribution < 1.29 is 0 Å². The van der Waals surface area contributed by atoms with Gasteiger partial charge in [-0.1, -0.05) is 28.1 Å². The molecule has 0 aliphatic heterocycles. The second-order valence-corrected chi connectivity index (χ2v) is 4.42. The molecule has 2 aromatic rings. The minimum absolute atomic E-state index is 0.626. The van der Waals surface area contributed by atoms with Gasteiger partial charge in [-0.3, -0.25) is 4.98 Å². The maximum Gasteiger partial charge on any atom is 0.101 e. The lowest BCUT2D eigenvalue weighted by molar-refractivity contribution is 1.25. The predicted octanol–water partition coefficient (Wildman–Crippen LogP) is 3.69. The maximum atomic E-state index is 8.82. The van der Waals surface area contributed by atoms with Crippen molar-refractivity contribution in [3.8, 4) is 17.3 Å². The molecule has 0 atom stereocenters. The van der Waals surface area contributed by atoms with Gasteiger partial charge in [-0.15, -0.1) is 0 Å². The third kappa shape index (κ3) is 2.12. The number of nitrogens with zero attached hydrogens (tertiary/aromatic N) is 2. The fraction of sp³-hybridized carbons (Fsp3) is 0.0769. The summed E-state index contributed by atoms with van der Waals surface area (Å²) in [6, 6.07) is 12.0. The third-order valence-corrected chi connectivity index (χ3v) is 2.90. The van der Waals surface area contributed by atoms with E-state index in [0.717, 1.165) is 21.3 Å². The molecule has 0 aliphatic rings. The predicted molar refractivity (Wildman–Crippen MR) is 66.8 cm³/mol. The van der Waals surface area contributed by atoms with Crippen LogP contribution in [0.15, 0.2) is 41.0 Å². The molecule has 0 bridgehead atoms. The van der Waals surface area contributed by atoms with E-state index < -0.39 is 0 Å². The van der Waals surface area contributed by atoms with Gasteiger partial charge in [-0.25, -0.2) is 0 Å². The smallest absolute Gasteiger partial charge is 0.101 e. The average molecular weight is 273 g/mol. The first kappa shape index (κ1) is 10.8. The standard InChI is InChI=1S/C13H9BrN2/c1-9-6-13(16-8-11(9)7-15)10-2-4-12(14)5-3-10/h2-6,8H,1H3. The third-order valence-electron chi connectivity index (χ3n) is 2.37. The largest absolute Gasteiger partial charge is 0.255 e. The zero-order chi connectivity index (χ0) is 11.5. The Hall–Kier alpha value is -1.66. The van der Waals surface area contributed by atoms with E-state index in [9.17, 15) is 0 Å². The number of hydrogen-bond acceptors (Lipinski definition) is 2. The fourth-order valence-corrected chi connectivity index (χ4v) is 1.72. The van der Waals surface area contributed by atoms with Gasteiger partial charge in [0.2, 0.25) is 0 Å². The normalized spacial score (nSPS) is 9.81. The van der Waals surface area contributed by atoms with Crippen molar-refractivity contribution in [2.45, 2.75) is 6.92 Å². The summed E-state index contributed by atoms with van der Waals surface area (Å²) >= 11 is 3.39. The molecule has 0 unspecified atom stereocenters. The zero-order valence-electron chi connectivity index (χ0n) is 8.74. The summed E-state index contributed by atoms with van der Waals surface area (Å²) in [6.07, 6.45) is 1.62. The first-order chi connectivity index (χ1) is 7.70. The van der Waals surface area contributed by atoms with Gasteiger partial charge in [-0.05, 0) is 30.7 Å². The summed E-state index contributed by atoms with van der Waals surface area (Å²) in [5.41, 5.74) is 3.52. The Morgan fingerprint density at radius 1 is 1.25 bits per heavy atom.